The molecule has 0 unspecified atom stereocenters. The lowest BCUT2D eigenvalue weighted by atomic mass is 10.1. The van der Waals surface area contributed by atoms with Crippen molar-refractivity contribution in [3.63, 3.8) is 0 Å². The summed E-state index contributed by atoms with van der Waals surface area (Å²) in [4.78, 5) is 11.4. The maximum Gasteiger partial charge on any atom is 0.306 e. The number of benzene rings is 1. The fourth-order valence-corrected chi connectivity index (χ4v) is 1.50. The molecule has 0 aliphatic carbocycles. The highest BCUT2D eigenvalue weighted by molar-refractivity contribution is 5.94. The number of hydrogen-bond donors (Lipinski definition) is 2. The second-order valence-electron chi connectivity index (χ2n) is 4.18. The summed E-state index contributed by atoms with van der Waals surface area (Å²) in [5, 5.41) is 7.27. The van der Waals surface area contributed by atoms with Gasteiger partial charge in [0.05, 0.1) is 6.61 Å². The standard InChI is InChI=1S/C14H20N2O2/c1-2-3-10-18-13(17)9-6-11-4-7-12(8-5-11)14(15)16/h4-5,7-8H,2-3,6,9-10H2,1H3,(H3,15,16). The predicted octanol–water partition coefficient (Wildman–Crippen LogP) is 2.25. The Bertz CT molecular complexity index is 399. The minimum atomic E-state index is -0.154. The smallest absolute Gasteiger partial charge is 0.306 e. The molecule has 0 aromatic heterocycles. The highest BCUT2D eigenvalue weighted by atomic mass is 16.5. The molecule has 0 amide bonds. The molecule has 4 heteroatoms. The Kier molecular flexibility index (Phi) is 5.91. The number of unbranched alkanes of at least 4 members (excludes halogenated alkanes) is 1. The number of carbonyl (C=O) groups is 1. The quantitative estimate of drug-likeness (QED) is 0.336. The van der Waals surface area contributed by atoms with Crippen LogP contribution in [0, 0.1) is 5.41 Å². The largest absolute Gasteiger partial charge is 0.466 e. The number of esters is 1. The minimum Gasteiger partial charge on any atom is -0.466 e. The van der Waals surface area contributed by atoms with Crippen molar-refractivity contribution in [3.05, 3.63) is 35.4 Å². The molecule has 18 heavy (non-hydrogen) atoms. The van der Waals surface area contributed by atoms with Crippen LogP contribution in [0.15, 0.2) is 24.3 Å². The zero-order valence-corrected chi connectivity index (χ0v) is 10.7. The Labute approximate surface area is 108 Å². The van der Waals surface area contributed by atoms with Crippen LogP contribution in [-0.4, -0.2) is 18.4 Å². The summed E-state index contributed by atoms with van der Waals surface area (Å²) in [5.74, 6) is -0.0976. The molecule has 0 atom stereocenters. The lowest BCUT2D eigenvalue weighted by Crippen LogP contribution is -2.11. The molecular formula is C14H20N2O2. The van der Waals surface area contributed by atoms with Gasteiger partial charge in [-0.2, -0.15) is 0 Å². The zero-order chi connectivity index (χ0) is 13.4. The van der Waals surface area contributed by atoms with E-state index in [1.54, 1.807) is 12.1 Å². The number of ether oxygens (including phenoxy) is 1. The van der Waals surface area contributed by atoms with Crippen molar-refractivity contribution in [1.29, 1.82) is 5.41 Å². The second kappa shape index (κ2) is 7.48. The van der Waals surface area contributed by atoms with E-state index in [0.717, 1.165) is 18.4 Å². The first kappa shape index (κ1) is 14.2. The van der Waals surface area contributed by atoms with Crippen LogP contribution in [0.25, 0.3) is 0 Å². The van der Waals surface area contributed by atoms with Crippen molar-refractivity contribution in [3.8, 4) is 0 Å². The average molecular weight is 248 g/mol. The third-order valence-electron chi connectivity index (χ3n) is 2.64. The van der Waals surface area contributed by atoms with Crippen molar-refractivity contribution in [2.75, 3.05) is 6.61 Å². The van der Waals surface area contributed by atoms with Gasteiger partial charge in [0, 0.05) is 12.0 Å². The number of amidine groups is 1. The molecule has 0 aliphatic rings. The SMILES string of the molecule is CCCCOC(=O)CCc1ccc(C(=N)N)cc1. The molecule has 1 aromatic carbocycles. The molecule has 3 N–H and O–H groups in total. The first-order chi connectivity index (χ1) is 8.63. The van der Waals surface area contributed by atoms with Crippen LogP contribution in [0.2, 0.25) is 0 Å². The molecule has 1 aromatic rings. The van der Waals surface area contributed by atoms with Crippen LogP contribution in [0.3, 0.4) is 0 Å². The predicted molar refractivity (Wildman–Crippen MR) is 71.6 cm³/mol. The molecule has 4 nitrogen and oxygen atoms in total. The van der Waals surface area contributed by atoms with Gasteiger partial charge in [-0.3, -0.25) is 10.2 Å². The molecule has 0 aliphatic heterocycles. The Morgan fingerprint density at radius 2 is 2.00 bits per heavy atom. The highest BCUT2D eigenvalue weighted by Gasteiger charge is 2.04. The van der Waals surface area contributed by atoms with E-state index >= 15 is 0 Å². The van der Waals surface area contributed by atoms with Crippen LogP contribution < -0.4 is 5.73 Å². The fourth-order valence-electron chi connectivity index (χ4n) is 1.50. The topological polar surface area (TPSA) is 76.2 Å². The van der Waals surface area contributed by atoms with Crippen molar-refractivity contribution >= 4 is 11.8 Å². The van der Waals surface area contributed by atoms with Gasteiger partial charge in [-0.05, 0) is 18.4 Å². The summed E-state index contributed by atoms with van der Waals surface area (Å²) in [6.45, 7) is 2.57. The van der Waals surface area contributed by atoms with Crippen molar-refractivity contribution in [2.45, 2.75) is 32.6 Å². The average Bonchev–Trinajstić information content (AvgIpc) is 2.37. The van der Waals surface area contributed by atoms with Crippen molar-refractivity contribution in [2.24, 2.45) is 5.73 Å². The van der Waals surface area contributed by atoms with E-state index in [0.29, 0.717) is 25.0 Å². The Balaban J connectivity index is 2.34. The van der Waals surface area contributed by atoms with Crippen LogP contribution in [0.5, 0.6) is 0 Å². The zero-order valence-electron chi connectivity index (χ0n) is 10.7. The van der Waals surface area contributed by atoms with E-state index in [2.05, 4.69) is 6.92 Å². The number of carbonyl (C=O) groups excluding carboxylic acids is 1. The van der Waals surface area contributed by atoms with Crippen molar-refractivity contribution in [1.82, 2.24) is 0 Å². The van der Waals surface area contributed by atoms with Gasteiger partial charge >= 0.3 is 5.97 Å². The number of nitrogens with one attached hydrogen (secondary N) is 1. The maximum absolute atomic E-state index is 11.4. The minimum absolute atomic E-state index is 0.0560. The van der Waals surface area contributed by atoms with Gasteiger partial charge in [-0.15, -0.1) is 0 Å². The number of nitrogens with two attached hydrogens (primary N) is 1. The lowest BCUT2D eigenvalue weighted by molar-refractivity contribution is -0.143. The van der Waals surface area contributed by atoms with Gasteiger partial charge in [-0.25, -0.2) is 0 Å². The maximum atomic E-state index is 11.4. The molecule has 0 saturated carbocycles. The van der Waals surface area contributed by atoms with Crippen LogP contribution >= 0.6 is 0 Å². The molecule has 0 spiro atoms. The molecule has 0 heterocycles. The molecule has 0 radical (unpaired) electrons. The number of aryl methyl sites for hydroxylation is 1. The molecule has 98 valence electrons. The molecular weight excluding hydrogens is 228 g/mol. The number of rotatable bonds is 7. The Hall–Kier alpha value is -1.84. The summed E-state index contributed by atoms with van der Waals surface area (Å²) in [5.41, 5.74) is 7.11. The van der Waals surface area contributed by atoms with Gasteiger partial charge in [-0.1, -0.05) is 37.6 Å². The monoisotopic (exact) mass is 248 g/mol. The van der Waals surface area contributed by atoms with Crippen LogP contribution in [0.4, 0.5) is 0 Å². The van der Waals surface area contributed by atoms with E-state index in [1.807, 2.05) is 12.1 Å². The summed E-state index contributed by atoms with van der Waals surface area (Å²) in [6.07, 6.45) is 2.99. The van der Waals surface area contributed by atoms with E-state index in [1.165, 1.54) is 0 Å². The van der Waals surface area contributed by atoms with Gasteiger partial charge in [0.2, 0.25) is 0 Å². The molecule has 0 bridgehead atoms. The summed E-state index contributed by atoms with van der Waals surface area (Å²) in [7, 11) is 0. The van der Waals surface area contributed by atoms with E-state index in [4.69, 9.17) is 15.9 Å². The Morgan fingerprint density at radius 1 is 1.33 bits per heavy atom. The fraction of sp³-hybridized carbons (Fsp3) is 0.429. The molecule has 0 fully saturated rings. The van der Waals surface area contributed by atoms with E-state index in [9.17, 15) is 4.79 Å². The highest BCUT2D eigenvalue weighted by Crippen LogP contribution is 2.07. The van der Waals surface area contributed by atoms with Gasteiger partial charge in [0.1, 0.15) is 5.84 Å². The Morgan fingerprint density at radius 3 is 2.56 bits per heavy atom. The van der Waals surface area contributed by atoms with Crippen LogP contribution in [-0.2, 0) is 16.0 Å². The summed E-state index contributed by atoms with van der Waals surface area (Å²) in [6, 6.07) is 7.35. The molecule has 0 saturated heterocycles. The number of nitrogen functional groups attached to an aromatic ring is 1. The van der Waals surface area contributed by atoms with Gasteiger partial charge < -0.3 is 10.5 Å². The number of hydrogen-bond acceptors (Lipinski definition) is 3. The summed E-state index contributed by atoms with van der Waals surface area (Å²) >= 11 is 0. The van der Waals surface area contributed by atoms with Crippen molar-refractivity contribution < 1.29 is 9.53 Å². The molecule has 1 rings (SSSR count). The van der Waals surface area contributed by atoms with E-state index < -0.39 is 0 Å². The summed E-state index contributed by atoms with van der Waals surface area (Å²) < 4.78 is 5.07. The lowest BCUT2D eigenvalue weighted by Gasteiger charge is -2.05. The second-order valence-corrected chi connectivity index (χ2v) is 4.18. The van der Waals surface area contributed by atoms with E-state index in [-0.39, 0.29) is 11.8 Å². The third-order valence-corrected chi connectivity index (χ3v) is 2.64. The first-order valence-electron chi connectivity index (χ1n) is 6.22. The first-order valence-corrected chi connectivity index (χ1v) is 6.22. The van der Waals surface area contributed by atoms with Gasteiger partial charge in [0.15, 0.2) is 0 Å². The third kappa shape index (κ3) is 4.99. The van der Waals surface area contributed by atoms with Gasteiger partial charge in [0.25, 0.3) is 0 Å². The van der Waals surface area contributed by atoms with Crippen LogP contribution in [0.1, 0.15) is 37.3 Å². The normalized spacial score (nSPS) is 10.1.